The Balaban J connectivity index is 2.04. The van der Waals surface area contributed by atoms with Gasteiger partial charge in [-0.15, -0.1) is 5.92 Å². The second-order valence-corrected chi connectivity index (χ2v) is 6.24. The summed E-state index contributed by atoms with van der Waals surface area (Å²) in [6.45, 7) is 3.44. The minimum Gasteiger partial charge on any atom is -0.380 e. The number of aromatic nitrogens is 2. The average molecular weight is 349 g/mol. The largest absolute Gasteiger partial charge is 0.380 e. The maximum Gasteiger partial charge on any atom is 0.260 e. The Labute approximate surface area is 151 Å². The first-order valence-corrected chi connectivity index (χ1v) is 8.04. The molecular formula is C19H19N5O2. The molecule has 1 saturated heterocycles. The van der Waals surface area contributed by atoms with E-state index in [1.165, 1.54) is 7.05 Å². The molecule has 1 fully saturated rings. The van der Waals surface area contributed by atoms with Crippen LogP contribution in [0.1, 0.15) is 25.0 Å². The lowest BCUT2D eigenvalue weighted by molar-refractivity contribution is -0.142. The van der Waals surface area contributed by atoms with Crippen LogP contribution in [0, 0.1) is 17.3 Å². The molecule has 2 aromatic heterocycles. The number of nitrogens with zero attached hydrogens (tertiary/aromatic N) is 3. The molecule has 26 heavy (non-hydrogen) atoms. The van der Waals surface area contributed by atoms with Gasteiger partial charge in [0.2, 0.25) is 0 Å². The topological polar surface area (TPSA) is 102 Å². The zero-order valence-electron chi connectivity index (χ0n) is 14.7. The molecule has 3 heterocycles. The highest BCUT2D eigenvalue weighted by Gasteiger charge is 2.46. The van der Waals surface area contributed by atoms with Crippen molar-refractivity contribution < 1.29 is 9.90 Å². The van der Waals surface area contributed by atoms with Gasteiger partial charge in [0.15, 0.2) is 12.1 Å². The molecule has 0 unspecified atom stereocenters. The van der Waals surface area contributed by atoms with Crippen LogP contribution in [-0.4, -0.2) is 45.0 Å². The Morgan fingerprint density at radius 2 is 2.15 bits per heavy atom. The van der Waals surface area contributed by atoms with Gasteiger partial charge in [-0.2, -0.15) is 0 Å². The highest BCUT2D eigenvalue weighted by molar-refractivity contribution is 6.01. The summed E-state index contributed by atoms with van der Waals surface area (Å²) in [5.41, 5.74) is 1.71. The minimum absolute atomic E-state index is 0.0666. The molecule has 0 aliphatic carbocycles. The Kier molecular flexibility index (Phi) is 4.45. The van der Waals surface area contributed by atoms with Crippen molar-refractivity contribution in [1.82, 2.24) is 20.2 Å². The minimum atomic E-state index is -1.33. The SMILES string of the molecule is CC#Cc1cncc(-c2cc([C@@]3(C)NC(=N)N(C)C(=O)[C@@H]3O)ccn2)c1. The second-order valence-electron chi connectivity index (χ2n) is 6.24. The molecule has 132 valence electrons. The molecule has 0 aromatic carbocycles. The van der Waals surface area contributed by atoms with Crippen LogP contribution in [0.4, 0.5) is 0 Å². The van der Waals surface area contributed by atoms with Gasteiger partial charge >= 0.3 is 0 Å². The van der Waals surface area contributed by atoms with Gasteiger partial charge in [-0.3, -0.25) is 25.1 Å². The van der Waals surface area contributed by atoms with Crippen molar-refractivity contribution in [2.45, 2.75) is 25.5 Å². The maximum absolute atomic E-state index is 12.3. The number of amides is 1. The average Bonchev–Trinajstić information content (AvgIpc) is 2.65. The van der Waals surface area contributed by atoms with Crippen LogP contribution in [0.25, 0.3) is 11.3 Å². The van der Waals surface area contributed by atoms with Gasteiger partial charge in [0.05, 0.1) is 11.2 Å². The van der Waals surface area contributed by atoms with Gasteiger partial charge < -0.3 is 10.4 Å². The van der Waals surface area contributed by atoms with Crippen LogP contribution in [0.3, 0.4) is 0 Å². The second kappa shape index (κ2) is 6.58. The van der Waals surface area contributed by atoms with Gasteiger partial charge in [0.25, 0.3) is 5.91 Å². The number of aliphatic hydroxyl groups is 1. The van der Waals surface area contributed by atoms with Crippen LogP contribution in [0.5, 0.6) is 0 Å². The van der Waals surface area contributed by atoms with Crippen molar-refractivity contribution in [3.05, 3.63) is 47.9 Å². The maximum atomic E-state index is 12.3. The number of pyridine rings is 2. The predicted octanol–water partition coefficient (Wildman–Crippen LogP) is 1.09. The van der Waals surface area contributed by atoms with E-state index in [1.807, 2.05) is 6.07 Å². The third-order valence-electron chi connectivity index (χ3n) is 4.49. The van der Waals surface area contributed by atoms with Crippen LogP contribution in [-0.2, 0) is 10.3 Å². The van der Waals surface area contributed by atoms with Crippen LogP contribution >= 0.6 is 0 Å². The van der Waals surface area contributed by atoms with E-state index >= 15 is 0 Å². The Morgan fingerprint density at radius 3 is 2.88 bits per heavy atom. The highest BCUT2D eigenvalue weighted by atomic mass is 16.3. The van der Waals surface area contributed by atoms with Crippen LogP contribution in [0.15, 0.2) is 36.8 Å². The quantitative estimate of drug-likeness (QED) is 0.705. The molecule has 0 radical (unpaired) electrons. The molecule has 0 spiro atoms. The van der Waals surface area contributed by atoms with E-state index < -0.39 is 17.6 Å². The van der Waals surface area contributed by atoms with Gasteiger partial charge in [-0.25, -0.2) is 0 Å². The van der Waals surface area contributed by atoms with Crippen LogP contribution in [0.2, 0.25) is 0 Å². The van der Waals surface area contributed by atoms with E-state index in [2.05, 4.69) is 27.1 Å². The van der Waals surface area contributed by atoms with Crippen molar-refractivity contribution in [2.24, 2.45) is 0 Å². The third kappa shape index (κ3) is 2.91. The van der Waals surface area contributed by atoms with Gasteiger partial charge in [-0.1, -0.05) is 5.92 Å². The van der Waals surface area contributed by atoms with Crippen molar-refractivity contribution in [3.8, 4) is 23.1 Å². The van der Waals surface area contributed by atoms with E-state index in [0.29, 0.717) is 11.3 Å². The first-order chi connectivity index (χ1) is 12.4. The molecule has 7 heteroatoms. The summed E-state index contributed by atoms with van der Waals surface area (Å²) in [5, 5.41) is 21.4. The summed E-state index contributed by atoms with van der Waals surface area (Å²) in [7, 11) is 1.45. The summed E-state index contributed by atoms with van der Waals surface area (Å²) >= 11 is 0. The molecule has 1 aliphatic rings. The Bertz CT molecular complexity index is 946. The normalized spacial score (nSPS) is 22.5. The lowest BCUT2D eigenvalue weighted by Crippen LogP contribution is -2.66. The molecule has 2 atom stereocenters. The molecule has 1 amide bonds. The number of hydrogen-bond acceptors (Lipinski definition) is 5. The number of nitrogens with one attached hydrogen (secondary N) is 2. The van der Waals surface area contributed by atoms with E-state index in [4.69, 9.17) is 5.41 Å². The van der Waals surface area contributed by atoms with Gasteiger partial charge in [0, 0.05) is 36.8 Å². The number of likely N-dealkylation sites (N-methyl/N-ethyl adjacent to an activating group) is 1. The number of hydrogen-bond donors (Lipinski definition) is 3. The monoisotopic (exact) mass is 349 g/mol. The fraction of sp³-hybridized carbons (Fsp3) is 0.263. The van der Waals surface area contributed by atoms with E-state index in [1.54, 1.807) is 44.6 Å². The summed E-state index contributed by atoms with van der Waals surface area (Å²) in [5.74, 6) is 5.19. The van der Waals surface area contributed by atoms with Gasteiger partial charge in [-0.05, 0) is 37.6 Å². The first kappa shape index (κ1) is 17.6. The number of guanidine groups is 1. The number of rotatable bonds is 2. The molecule has 1 aliphatic heterocycles. The molecule has 7 nitrogen and oxygen atoms in total. The summed E-state index contributed by atoms with van der Waals surface area (Å²) < 4.78 is 0. The standard InChI is InChI=1S/C19H19N5O2/c1-4-5-12-8-13(11-21-10-12)15-9-14(6-7-22-15)19(2)16(25)17(26)24(3)18(20)23-19/h6-11,16,25H,1-3H3,(H2,20,23)/t16-,19+/m0/s1. The zero-order chi connectivity index (χ0) is 18.9. The molecule has 0 saturated carbocycles. The molecule has 0 bridgehead atoms. The Hall–Kier alpha value is -3.24. The first-order valence-electron chi connectivity index (χ1n) is 8.04. The highest BCUT2D eigenvalue weighted by Crippen LogP contribution is 2.31. The summed E-state index contributed by atoms with van der Waals surface area (Å²) in [4.78, 5) is 21.9. The number of carbonyl (C=O) groups excluding carboxylic acids is 1. The third-order valence-corrected chi connectivity index (χ3v) is 4.49. The lowest BCUT2D eigenvalue weighted by Gasteiger charge is -2.43. The molecular weight excluding hydrogens is 330 g/mol. The van der Waals surface area contributed by atoms with E-state index in [-0.39, 0.29) is 5.96 Å². The lowest BCUT2D eigenvalue weighted by atomic mass is 9.84. The van der Waals surface area contributed by atoms with Crippen molar-refractivity contribution >= 4 is 11.9 Å². The summed E-state index contributed by atoms with van der Waals surface area (Å²) in [6, 6.07) is 5.38. The summed E-state index contributed by atoms with van der Waals surface area (Å²) in [6.07, 6.45) is 3.64. The van der Waals surface area contributed by atoms with Gasteiger partial charge in [0.1, 0.15) is 0 Å². The Morgan fingerprint density at radius 1 is 1.38 bits per heavy atom. The molecule has 3 rings (SSSR count). The fourth-order valence-electron chi connectivity index (χ4n) is 2.87. The van der Waals surface area contributed by atoms with Crippen molar-refractivity contribution in [3.63, 3.8) is 0 Å². The van der Waals surface area contributed by atoms with E-state index in [9.17, 15) is 9.90 Å². The van der Waals surface area contributed by atoms with Crippen molar-refractivity contribution in [2.75, 3.05) is 7.05 Å². The molecule has 2 aromatic rings. The smallest absolute Gasteiger partial charge is 0.260 e. The number of aliphatic hydroxyl groups excluding tert-OH is 1. The molecule has 3 N–H and O–H groups in total. The predicted molar refractivity (Wildman–Crippen MR) is 97.0 cm³/mol. The number of carbonyl (C=O) groups is 1. The van der Waals surface area contributed by atoms with Crippen molar-refractivity contribution in [1.29, 1.82) is 5.41 Å². The zero-order valence-corrected chi connectivity index (χ0v) is 14.7. The van der Waals surface area contributed by atoms with Crippen LogP contribution < -0.4 is 5.32 Å². The van der Waals surface area contributed by atoms with E-state index in [0.717, 1.165) is 16.0 Å². The fourth-order valence-corrected chi connectivity index (χ4v) is 2.87.